The van der Waals surface area contributed by atoms with Crippen LogP contribution in [0.4, 0.5) is 4.39 Å². The molecule has 0 spiro atoms. The lowest BCUT2D eigenvalue weighted by Gasteiger charge is -2.16. The van der Waals surface area contributed by atoms with E-state index in [1.165, 1.54) is 12.1 Å². The average Bonchev–Trinajstić information content (AvgIpc) is 2.46. The van der Waals surface area contributed by atoms with Crippen molar-refractivity contribution in [2.75, 3.05) is 0 Å². The molecule has 0 aliphatic carbocycles. The lowest BCUT2D eigenvalue weighted by Crippen LogP contribution is -2.02. The Morgan fingerprint density at radius 2 is 1.62 bits per heavy atom. The van der Waals surface area contributed by atoms with Gasteiger partial charge in [-0.1, -0.05) is 42.5 Å². The van der Waals surface area contributed by atoms with Crippen LogP contribution in [0.15, 0.2) is 54.6 Å². The second-order valence-electron chi connectivity index (χ2n) is 5.48. The molecule has 0 aliphatic rings. The number of aliphatic hydroxyl groups excluding tert-OH is 1. The summed E-state index contributed by atoms with van der Waals surface area (Å²) in [4.78, 5) is 0. The zero-order chi connectivity index (χ0) is 15.0. The molecule has 1 unspecified atom stereocenters. The Morgan fingerprint density at radius 1 is 0.905 bits per heavy atom. The second kappa shape index (κ2) is 5.30. The van der Waals surface area contributed by atoms with Crippen molar-refractivity contribution in [3.8, 4) is 0 Å². The third-order valence-corrected chi connectivity index (χ3v) is 3.85. The summed E-state index contributed by atoms with van der Waals surface area (Å²) in [5.74, 6) is -0.319. The third-order valence-electron chi connectivity index (χ3n) is 3.85. The Balaban J connectivity index is 2.18. The fraction of sp³-hybridized carbons (Fsp3) is 0.158. The van der Waals surface area contributed by atoms with Crippen LogP contribution >= 0.6 is 0 Å². The molecule has 0 fully saturated rings. The summed E-state index contributed by atoms with van der Waals surface area (Å²) in [6.45, 7) is 3.87. The van der Waals surface area contributed by atoms with Gasteiger partial charge in [0.05, 0.1) is 0 Å². The maximum atomic E-state index is 13.6. The van der Waals surface area contributed by atoms with Crippen molar-refractivity contribution in [2.45, 2.75) is 20.0 Å². The van der Waals surface area contributed by atoms with Crippen molar-refractivity contribution in [3.63, 3.8) is 0 Å². The molecule has 0 saturated carbocycles. The topological polar surface area (TPSA) is 20.2 Å². The highest BCUT2D eigenvalue weighted by Crippen LogP contribution is 2.31. The van der Waals surface area contributed by atoms with Crippen LogP contribution in [0.1, 0.15) is 28.4 Å². The maximum Gasteiger partial charge on any atom is 0.123 e. The Kier molecular flexibility index (Phi) is 3.48. The predicted molar refractivity (Wildman–Crippen MR) is 83.9 cm³/mol. The maximum absolute atomic E-state index is 13.6. The van der Waals surface area contributed by atoms with Gasteiger partial charge in [0.25, 0.3) is 0 Å². The van der Waals surface area contributed by atoms with Crippen LogP contribution in [-0.2, 0) is 0 Å². The predicted octanol–water partition coefficient (Wildman–Crippen LogP) is 4.68. The van der Waals surface area contributed by atoms with Crippen LogP contribution in [0.2, 0.25) is 0 Å². The van der Waals surface area contributed by atoms with Crippen LogP contribution in [0.5, 0.6) is 0 Å². The van der Waals surface area contributed by atoms with Crippen molar-refractivity contribution >= 4 is 10.8 Å². The fourth-order valence-electron chi connectivity index (χ4n) is 2.81. The van der Waals surface area contributed by atoms with Gasteiger partial charge >= 0.3 is 0 Å². The molecular formula is C19H17FO. The molecule has 1 N–H and O–H groups in total. The van der Waals surface area contributed by atoms with Crippen molar-refractivity contribution < 1.29 is 9.50 Å². The molecule has 3 aromatic carbocycles. The zero-order valence-corrected chi connectivity index (χ0v) is 12.1. The van der Waals surface area contributed by atoms with E-state index in [4.69, 9.17) is 0 Å². The monoisotopic (exact) mass is 280 g/mol. The van der Waals surface area contributed by atoms with Crippen molar-refractivity contribution in [2.24, 2.45) is 0 Å². The smallest absolute Gasteiger partial charge is 0.123 e. The first kappa shape index (κ1) is 13.8. The van der Waals surface area contributed by atoms with E-state index in [-0.39, 0.29) is 5.82 Å². The molecule has 3 rings (SSSR count). The van der Waals surface area contributed by atoms with E-state index in [9.17, 15) is 9.50 Å². The minimum atomic E-state index is -0.829. The Hall–Kier alpha value is -2.19. The minimum absolute atomic E-state index is 0.319. The number of rotatable bonds is 2. The first-order chi connectivity index (χ1) is 10.1. The molecule has 21 heavy (non-hydrogen) atoms. The van der Waals surface area contributed by atoms with Crippen molar-refractivity contribution in [1.29, 1.82) is 0 Å². The molecule has 1 nitrogen and oxygen atoms in total. The van der Waals surface area contributed by atoms with E-state index < -0.39 is 6.10 Å². The third kappa shape index (κ3) is 2.55. The molecule has 0 amide bonds. The van der Waals surface area contributed by atoms with Gasteiger partial charge in [0.1, 0.15) is 11.9 Å². The molecule has 0 aliphatic heterocycles. The summed E-state index contributed by atoms with van der Waals surface area (Å²) < 4.78 is 13.6. The fourth-order valence-corrected chi connectivity index (χ4v) is 2.81. The Labute approximate surface area is 123 Å². The molecular weight excluding hydrogens is 263 g/mol. The van der Waals surface area contributed by atoms with Gasteiger partial charge in [0, 0.05) is 0 Å². The average molecular weight is 280 g/mol. The molecule has 0 bridgehead atoms. The highest BCUT2D eigenvalue weighted by molar-refractivity contribution is 5.89. The minimum Gasteiger partial charge on any atom is -0.384 e. The van der Waals surface area contributed by atoms with Gasteiger partial charge in [-0.25, -0.2) is 4.39 Å². The van der Waals surface area contributed by atoms with E-state index in [1.54, 1.807) is 0 Å². The summed E-state index contributed by atoms with van der Waals surface area (Å²) in [6.07, 6.45) is -0.829. The van der Waals surface area contributed by atoms with Crippen molar-refractivity contribution in [3.05, 3.63) is 82.7 Å². The van der Waals surface area contributed by atoms with Gasteiger partial charge < -0.3 is 5.11 Å². The van der Waals surface area contributed by atoms with Gasteiger partial charge in [-0.15, -0.1) is 0 Å². The number of hydrogen-bond donors (Lipinski definition) is 1. The lowest BCUT2D eigenvalue weighted by atomic mass is 9.93. The first-order valence-corrected chi connectivity index (χ1v) is 6.99. The number of fused-ring (bicyclic) bond motifs is 1. The number of hydrogen-bond acceptors (Lipinski definition) is 1. The number of aliphatic hydroxyl groups is 1. The Bertz CT molecular complexity index is 788. The quantitative estimate of drug-likeness (QED) is 0.722. The van der Waals surface area contributed by atoms with Gasteiger partial charge in [-0.2, -0.15) is 0 Å². The van der Waals surface area contributed by atoms with Crippen LogP contribution < -0.4 is 0 Å². The molecule has 0 radical (unpaired) electrons. The first-order valence-electron chi connectivity index (χ1n) is 6.99. The number of halogens is 1. The lowest BCUT2D eigenvalue weighted by molar-refractivity contribution is 0.221. The molecule has 106 valence electrons. The largest absolute Gasteiger partial charge is 0.384 e. The highest BCUT2D eigenvalue weighted by Gasteiger charge is 2.15. The molecule has 0 saturated heterocycles. The van der Waals surface area contributed by atoms with Gasteiger partial charge in [-0.05, 0) is 59.0 Å². The summed E-state index contributed by atoms with van der Waals surface area (Å²) >= 11 is 0. The van der Waals surface area contributed by atoms with Crippen LogP contribution in [-0.4, -0.2) is 5.11 Å². The van der Waals surface area contributed by atoms with E-state index in [1.807, 2.05) is 56.3 Å². The van der Waals surface area contributed by atoms with Crippen molar-refractivity contribution in [1.82, 2.24) is 0 Å². The van der Waals surface area contributed by atoms with E-state index in [0.29, 0.717) is 5.56 Å². The van der Waals surface area contributed by atoms with Gasteiger partial charge in [0.15, 0.2) is 0 Å². The van der Waals surface area contributed by atoms with Crippen LogP contribution in [0.3, 0.4) is 0 Å². The van der Waals surface area contributed by atoms with E-state index >= 15 is 0 Å². The molecule has 2 heteroatoms. The normalized spacial score (nSPS) is 12.6. The van der Waals surface area contributed by atoms with Crippen LogP contribution in [0, 0.1) is 19.7 Å². The van der Waals surface area contributed by atoms with Gasteiger partial charge in [-0.3, -0.25) is 0 Å². The summed E-state index contributed by atoms with van der Waals surface area (Å²) in [7, 11) is 0. The summed E-state index contributed by atoms with van der Waals surface area (Å²) in [6, 6.07) is 16.6. The second-order valence-corrected chi connectivity index (χ2v) is 5.48. The summed E-state index contributed by atoms with van der Waals surface area (Å²) in [5, 5.41) is 12.8. The molecule has 0 aromatic heterocycles. The number of aryl methyl sites for hydroxylation is 2. The summed E-state index contributed by atoms with van der Waals surface area (Å²) in [5.41, 5.74) is 3.36. The van der Waals surface area contributed by atoms with Crippen LogP contribution in [0.25, 0.3) is 10.8 Å². The SMILES string of the molecule is Cc1cc(F)cc(C(O)c2ccc(C)c3ccccc23)c1. The Morgan fingerprint density at radius 3 is 2.33 bits per heavy atom. The van der Waals surface area contributed by atoms with E-state index in [2.05, 4.69) is 0 Å². The van der Waals surface area contributed by atoms with E-state index in [0.717, 1.165) is 27.5 Å². The standard InChI is InChI=1S/C19H17FO/c1-12-9-14(11-15(20)10-12)19(21)18-8-7-13(2)16-5-3-4-6-17(16)18/h3-11,19,21H,1-2H3. The molecule has 1 atom stereocenters. The van der Waals surface area contributed by atoms with Gasteiger partial charge in [0.2, 0.25) is 0 Å². The molecule has 3 aromatic rings. The molecule has 0 heterocycles. The zero-order valence-electron chi connectivity index (χ0n) is 12.1. The highest BCUT2D eigenvalue weighted by atomic mass is 19.1. The number of benzene rings is 3.